The molecule has 2 heterocycles. The maximum atomic E-state index is 5.95. The van der Waals surface area contributed by atoms with Gasteiger partial charge in [0.2, 0.25) is 0 Å². The Morgan fingerprint density at radius 1 is 1.18 bits per heavy atom. The van der Waals surface area contributed by atoms with E-state index in [1.165, 1.54) is 0 Å². The van der Waals surface area contributed by atoms with Gasteiger partial charge in [-0.15, -0.1) is 0 Å². The van der Waals surface area contributed by atoms with E-state index in [0.717, 1.165) is 37.6 Å². The number of piperazine rings is 1. The third-order valence-corrected chi connectivity index (χ3v) is 3.40. The number of nitrogens with zero attached hydrogens (tertiary/aromatic N) is 3. The lowest BCUT2D eigenvalue weighted by molar-refractivity contribution is 0.128. The first-order chi connectivity index (χ1) is 7.98. The maximum absolute atomic E-state index is 5.95. The van der Waals surface area contributed by atoms with Gasteiger partial charge in [-0.2, -0.15) is 0 Å². The first-order valence-electron chi connectivity index (χ1n) is 6.18. The van der Waals surface area contributed by atoms with Crippen molar-refractivity contribution < 1.29 is 0 Å². The van der Waals surface area contributed by atoms with E-state index in [1.54, 1.807) is 6.20 Å². The van der Waals surface area contributed by atoms with E-state index in [-0.39, 0.29) is 5.54 Å². The van der Waals surface area contributed by atoms with Gasteiger partial charge >= 0.3 is 0 Å². The molecule has 1 saturated heterocycles. The largest absolute Gasteiger partial charge is 0.396 e. The van der Waals surface area contributed by atoms with Gasteiger partial charge in [0.1, 0.15) is 0 Å². The number of nitrogens with two attached hydrogens (primary N) is 1. The molecule has 0 saturated carbocycles. The van der Waals surface area contributed by atoms with Crippen molar-refractivity contribution in [2.45, 2.75) is 26.3 Å². The highest BCUT2D eigenvalue weighted by molar-refractivity contribution is 5.66. The van der Waals surface area contributed by atoms with Crippen molar-refractivity contribution in [1.29, 1.82) is 0 Å². The molecule has 1 aliphatic rings. The molecule has 0 spiro atoms. The van der Waals surface area contributed by atoms with Gasteiger partial charge in [0.05, 0.1) is 17.6 Å². The number of nitrogen functional groups attached to an aromatic ring is 1. The summed E-state index contributed by atoms with van der Waals surface area (Å²) in [5.74, 6) is 0. The van der Waals surface area contributed by atoms with Gasteiger partial charge < -0.3 is 10.6 Å². The first kappa shape index (κ1) is 12.2. The number of pyridine rings is 1. The van der Waals surface area contributed by atoms with Crippen molar-refractivity contribution in [2.24, 2.45) is 0 Å². The van der Waals surface area contributed by atoms with Crippen LogP contribution in [0.5, 0.6) is 0 Å². The predicted octanol–water partition coefficient (Wildman–Crippen LogP) is 1.58. The smallest absolute Gasteiger partial charge is 0.0738 e. The van der Waals surface area contributed by atoms with Crippen molar-refractivity contribution in [3.05, 3.63) is 18.5 Å². The summed E-state index contributed by atoms with van der Waals surface area (Å²) in [7, 11) is 0. The molecule has 1 aliphatic heterocycles. The second kappa shape index (κ2) is 4.53. The Kier molecular flexibility index (Phi) is 3.24. The average Bonchev–Trinajstić information content (AvgIpc) is 2.29. The highest BCUT2D eigenvalue weighted by atomic mass is 15.3. The summed E-state index contributed by atoms with van der Waals surface area (Å²) in [5, 5.41) is 0. The van der Waals surface area contributed by atoms with E-state index in [0.29, 0.717) is 0 Å². The molecule has 1 fully saturated rings. The average molecular weight is 234 g/mol. The Hall–Kier alpha value is -1.29. The molecule has 0 aromatic carbocycles. The van der Waals surface area contributed by atoms with Gasteiger partial charge in [0.25, 0.3) is 0 Å². The fourth-order valence-electron chi connectivity index (χ4n) is 2.31. The molecule has 0 unspecified atom stereocenters. The SMILES string of the molecule is CC(C)(C)N1CCN(c2ccncc2N)CC1. The molecule has 17 heavy (non-hydrogen) atoms. The van der Waals surface area contributed by atoms with Gasteiger partial charge in [-0.3, -0.25) is 9.88 Å². The number of rotatable bonds is 1. The van der Waals surface area contributed by atoms with Gasteiger partial charge in [0.15, 0.2) is 0 Å². The predicted molar refractivity (Wildman–Crippen MR) is 72.2 cm³/mol. The fourth-order valence-corrected chi connectivity index (χ4v) is 2.31. The maximum Gasteiger partial charge on any atom is 0.0738 e. The van der Waals surface area contributed by atoms with Crippen molar-refractivity contribution in [3.63, 3.8) is 0 Å². The van der Waals surface area contributed by atoms with Crippen LogP contribution in [-0.4, -0.2) is 41.6 Å². The fraction of sp³-hybridized carbons (Fsp3) is 0.615. The van der Waals surface area contributed by atoms with Crippen LogP contribution in [0.1, 0.15) is 20.8 Å². The monoisotopic (exact) mass is 234 g/mol. The van der Waals surface area contributed by atoms with Gasteiger partial charge in [-0.1, -0.05) is 0 Å². The number of hydrogen-bond acceptors (Lipinski definition) is 4. The van der Waals surface area contributed by atoms with Crippen LogP contribution < -0.4 is 10.6 Å². The van der Waals surface area contributed by atoms with E-state index >= 15 is 0 Å². The third-order valence-electron chi connectivity index (χ3n) is 3.40. The lowest BCUT2D eigenvalue weighted by Gasteiger charge is -2.43. The van der Waals surface area contributed by atoms with E-state index in [9.17, 15) is 0 Å². The summed E-state index contributed by atoms with van der Waals surface area (Å²) in [4.78, 5) is 8.89. The van der Waals surface area contributed by atoms with E-state index in [1.807, 2.05) is 12.3 Å². The standard InChI is InChI=1S/C13H22N4/c1-13(2,3)17-8-6-16(7-9-17)12-4-5-15-10-11(12)14/h4-5,10H,6-9,14H2,1-3H3. The van der Waals surface area contributed by atoms with Crippen LogP contribution in [-0.2, 0) is 0 Å². The van der Waals surface area contributed by atoms with Gasteiger partial charge in [-0.05, 0) is 26.8 Å². The summed E-state index contributed by atoms with van der Waals surface area (Å²) < 4.78 is 0. The number of hydrogen-bond donors (Lipinski definition) is 1. The second-order valence-corrected chi connectivity index (χ2v) is 5.58. The molecule has 1 aromatic heterocycles. The third kappa shape index (κ3) is 2.69. The highest BCUT2D eigenvalue weighted by Gasteiger charge is 2.26. The van der Waals surface area contributed by atoms with Crippen molar-refractivity contribution in [1.82, 2.24) is 9.88 Å². The molecule has 0 radical (unpaired) electrons. The van der Waals surface area contributed by atoms with Gasteiger partial charge in [-0.25, -0.2) is 0 Å². The van der Waals surface area contributed by atoms with Crippen LogP contribution in [0.15, 0.2) is 18.5 Å². The lowest BCUT2D eigenvalue weighted by atomic mass is 10.0. The molecule has 0 amide bonds. The number of aromatic nitrogens is 1. The summed E-state index contributed by atoms with van der Waals surface area (Å²) >= 11 is 0. The van der Waals surface area contributed by atoms with E-state index in [2.05, 4.69) is 35.6 Å². The highest BCUT2D eigenvalue weighted by Crippen LogP contribution is 2.24. The molecule has 2 N–H and O–H groups in total. The quantitative estimate of drug-likeness (QED) is 0.801. The topological polar surface area (TPSA) is 45.4 Å². The molecular formula is C13H22N4. The molecule has 0 bridgehead atoms. The Morgan fingerprint density at radius 2 is 1.82 bits per heavy atom. The molecule has 2 rings (SSSR count). The van der Waals surface area contributed by atoms with Crippen molar-refractivity contribution in [3.8, 4) is 0 Å². The van der Waals surface area contributed by atoms with Crippen LogP contribution in [0.3, 0.4) is 0 Å². The summed E-state index contributed by atoms with van der Waals surface area (Å²) in [5.41, 5.74) is 8.11. The van der Waals surface area contributed by atoms with E-state index < -0.39 is 0 Å². The zero-order valence-corrected chi connectivity index (χ0v) is 11.0. The molecule has 4 heteroatoms. The minimum atomic E-state index is 0.260. The molecule has 0 atom stereocenters. The molecule has 94 valence electrons. The minimum Gasteiger partial charge on any atom is -0.396 e. The summed E-state index contributed by atoms with van der Waals surface area (Å²) in [6.45, 7) is 11.0. The van der Waals surface area contributed by atoms with Crippen LogP contribution >= 0.6 is 0 Å². The molecule has 1 aromatic rings. The Morgan fingerprint density at radius 3 is 2.35 bits per heavy atom. The van der Waals surface area contributed by atoms with Gasteiger partial charge in [0, 0.05) is 37.9 Å². The van der Waals surface area contributed by atoms with Crippen molar-refractivity contribution in [2.75, 3.05) is 36.8 Å². The molecular weight excluding hydrogens is 212 g/mol. The Labute approximate surface area is 103 Å². The van der Waals surface area contributed by atoms with Crippen LogP contribution in [0, 0.1) is 0 Å². The molecule has 4 nitrogen and oxygen atoms in total. The Balaban J connectivity index is 2.03. The van der Waals surface area contributed by atoms with E-state index in [4.69, 9.17) is 5.73 Å². The molecule has 0 aliphatic carbocycles. The number of anilines is 2. The second-order valence-electron chi connectivity index (χ2n) is 5.58. The zero-order chi connectivity index (χ0) is 12.5. The first-order valence-corrected chi connectivity index (χ1v) is 6.18. The van der Waals surface area contributed by atoms with Crippen LogP contribution in [0.25, 0.3) is 0 Å². The summed E-state index contributed by atoms with van der Waals surface area (Å²) in [6, 6.07) is 2.00. The zero-order valence-electron chi connectivity index (χ0n) is 11.0. The van der Waals surface area contributed by atoms with Crippen LogP contribution in [0.4, 0.5) is 11.4 Å². The summed E-state index contributed by atoms with van der Waals surface area (Å²) in [6.07, 6.45) is 3.54. The van der Waals surface area contributed by atoms with Crippen LogP contribution in [0.2, 0.25) is 0 Å². The minimum absolute atomic E-state index is 0.260. The lowest BCUT2D eigenvalue weighted by Crippen LogP contribution is -2.53. The van der Waals surface area contributed by atoms with Crippen molar-refractivity contribution >= 4 is 11.4 Å². The Bertz CT molecular complexity index is 375. The normalized spacial score (nSPS) is 18.4.